The predicted molar refractivity (Wildman–Crippen MR) is 62.7 cm³/mol. The van der Waals surface area contributed by atoms with E-state index in [1.807, 2.05) is 6.92 Å². The highest BCUT2D eigenvalue weighted by Gasteiger charge is 2.16. The minimum Gasteiger partial charge on any atom is -0.479 e. The lowest BCUT2D eigenvalue weighted by Crippen LogP contribution is -2.36. The number of nitrogens with one attached hydrogen (secondary N) is 1. The maximum Gasteiger partial charge on any atom is 0.334 e. The zero-order chi connectivity index (χ0) is 12.3. The van der Waals surface area contributed by atoms with Crippen molar-refractivity contribution in [2.24, 2.45) is 0 Å². The summed E-state index contributed by atoms with van der Waals surface area (Å²) in [4.78, 5) is 22.3. The number of hydrogen-bond donors (Lipinski definition) is 3. The molecule has 1 heterocycles. The number of carbonyl (C=O) groups excluding carboxylic acids is 1. The number of carboxylic acid groups (broad SMARTS) is 1. The van der Waals surface area contributed by atoms with Crippen LogP contribution in [0.1, 0.15) is 15.2 Å². The molecule has 88 valence electrons. The van der Waals surface area contributed by atoms with E-state index < -0.39 is 12.1 Å². The normalized spacial score (nSPS) is 12.2. The molecular weight excluding hydrogens is 298 g/mol. The monoisotopic (exact) mass is 307 g/mol. The van der Waals surface area contributed by atoms with E-state index in [0.29, 0.717) is 4.88 Å². The van der Waals surface area contributed by atoms with E-state index in [4.69, 9.17) is 10.2 Å². The SMILES string of the molecule is Cc1cc(C(=O)NC[C@H](O)C(=O)O)sc1Br. The van der Waals surface area contributed by atoms with Crippen LogP contribution in [0.2, 0.25) is 0 Å². The first-order valence-electron chi connectivity index (χ1n) is 4.37. The Hall–Kier alpha value is -0.920. The number of rotatable bonds is 4. The zero-order valence-electron chi connectivity index (χ0n) is 8.36. The summed E-state index contributed by atoms with van der Waals surface area (Å²) < 4.78 is 0.858. The van der Waals surface area contributed by atoms with E-state index in [1.54, 1.807) is 6.07 Å². The van der Waals surface area contributed by atoms with Gasteiger partial charge in [0.15, 0.2) is 6.10 Å². The molecule has 1 aromatic rings. The van der Waals surface area contributed by atoms with Gasteiger partial charge in [0.05, 0.1) is 15.2 Å². The van der Waals surface area contributed by atoms with Crippen LogP contribution in [0.15, 0.2) is 9.85 Å². The average molecular weight is 308 g/mol. The van der Waals surface area contributed by atoms with Crippen molar-refractivity contribution in [2.45, 2.75) is 13.0 Å². The largest absolute Gasteiger partial charge is 0.479 e. The summed E-state index contributed by atoms with van der Waals surface area (Å²) in [5, 5.41) is 19.7. The highest BCUT2D eigenvalue weighted by Crippen LogP contribution is 2.27. The molecule has 0 aliphatic rings. The van der Waals surface area contributed by atoms with Gasteiger partial charge in [-0.15, -0.1) is 11.3 Å². The molecule has 16 heavy (non-hydrogen) atoms. The smallest absolute Gasteiger partial charge is 0.334 e. The number of carboxylic acids is 1. The number of aliphatic carboxylic acids is 1. The van der Waals surface area contributed by atoms with Gasteiger partial charge in [0, 0.05) is 0 Å². The fourth-order valence-electron chi connectivity index (χ4n) is 0.936. The standard InChI is InChI=1S/C9H10BrNO4S/c1-4-2-6(16-7(4)10)8(13)11-3-5(12)9(14)15/h2,5,12H,3H2,1H3,(H,11,13)(H,14,15)/t5-/m0/s1. The predicted octanol–water partition coefficient (Wildman–Crippen LogP) is 0.994. The van der Waals surface area contributed by atoms with Crippen molar-refractivity contribution in [1.29, 1.82) is 0 Å². The second-order valence-electron chi connectivity index (χ2n) is 3.13. The highest BCUT2D eigenvalue weighted by atomic mass is 79.9. The average Bonchev–Trinajstić information content (AvgIpc) is 2.55. The number of thiophene rings is 1. The molecule has 0 aliphatic carbocycles. The lowest BCUT2D eigenvalue weighted by molar-refractivity contribution is -0.146. The van der Waals surface area contributed by atoms with Crippen LogP contribution >= 0.6 is 27.3 Å². The van der Waals surface area contributed by atoms with E-state index in [2.05, 4.69) is 21.2 Å². The molecule has 3 N–H and O–H groups in total. The van der Waals surface area contributed by atoms with Crippen LogP contribution in [0.5, 0.6) is 0 Å². The number of aliphatic hydroxyl groups is 1. The van der Waals surface area contributed by atoms with Crippen molar-refractivity contribution in [2.75, 3.05) is 6.54 Å². The van der Waals surface area contributed by atoms with Crippen LogP contribution < -0.4 is 5.32 Å². The molecule has 1 rings (SSSR count). The minimum absolute atomic E-state index is 0.303. The Morgan fingerprint density at radius 3 is 2.69 bits per heavy atom. The van der Waals surface area contributed by atoms with E-state index in [0.717, 1.165) is 9.35 Å². The summed E-state index contributed by atoms with van der Waals surface area (Å²) in [6.07, 6.45) is -1.58. The van der Waals surface area contributed by atoms with Crippen molar-refractivity contribution in [3.63, 3.8) is 0 Å². The van der Waals surface area contributed by atoms with Gasteiger partial charge >= 0.3 is 5.97 Å². The number of hydrogen-bond acceptors (Lipinski definition) is 4. The van der Waals surface area contributed by atoms with Crippen molar-refractivity contribution in [1.82, 2.24) is 5.32 Å². The first-order chi connectivity index (χ1) is 7.41. The lowest BCUT2D eigenvalue weighted by atomic mass is 10.3. The molecule has 7 heteroatoms. The number of amides is 1. The third kappa shape index (κ3) is 3.29. The fraction of sp³-hybridized carbons (Fsp3) is 0.333. The minimum atomic E-state index is -1.58. The quantitative estimate of drug-likeness (QED) is 0.774. The van der Waals surface area contributed by atoms with Gasteiger partial charge in [-0.05, 0) is 34.5 Å². The van der Waals surface area contributed by atoms with E-state index >= 15 is 0 Å². The third-order valence-electron chi connectivity index (χ3n) is 1.82. The van der Waals surface area contributed by atoms with E-state index in [-0.39, 0.29) is 12.5 Å². The topological polar surface area (TPSA) is 86.6 Å². The van der Waals surface area contributed by atoms with Gasteiger partial charge in [0.25, 0.3) is 5.91 Å². The summed E-state index contributed by atoms with van der Waals surface area (Å²) in [5.41, 5.74) is 0.939. The Balaban J connectivity index is 2.56. The molecule has 0 saturated carbocycles. The van der Waals surface area contributed by atoms with Gasteiger partial charge < -0.3 is 15.5 Å². The van der Waals surface area contributed by atoms with Crippen molar-refractivity contribution < 1.29 is 19.8 Å². The first kappa shape index (κ1) is 13.1. The van der Waals surface area contributed by atoms with Gasteiger partial charge in [-0.1, -0.05) is 0 Å². The number of halogens is 1. The Labute approximate surface area is 104 Å². The molecule has 1 aromatic heterocycles. The second-order valence-corrected chi connectivity index (χ2v) is 5.50. The number of aliphatic hydroxyl groups excluding tert-OH is 1. The molecule has 0 unspecified atom stereocenters. The van der Waals surface area contributed by atoms with Gasteiger partial charge in [-0.25, -0.2) is 4.79 Å². The van der Waals surface area contributed by atoms with Crippen LogP contribution in [0.25, 0.3) is 0 Å². The van der Waals surface area contributed by atoms with E-state index in [1.165, 1.54) is 11.3 Å². The fourth-order valence-corrected chi connectivity index (χ4v) is 2.39. The van der Waals surface area contributed by atoms with Crippen molar-refractivity contribution >= 4 is 39.1 Å². The molecule has 0 bridgehead atoms. The van der Waals surface area contributed by atoms with Gasteiger partial charge in [-0.3, -0.25) is 4.79 Å². The van der Waals surface area contributed by atoms with E-state index in [9.17, 15) is 9.59 Å². The van der Waals surface area contributed by atoms with Crippen molar-refractivity contribution in [3.8, 4) is 0 Å². The molecular formula is C9H10BrNO4S. The van der Waals surface area contributed by atoms with Crippen molar-refractivity contribution in [3.05, 3.63) is 20.3 Å². The zero-order valence-corrected chi connectivity index (χ0v) is 10.8. The molecule has 0 radical (unpaired) electrons. The van der Waals surface area contributed by atoms with Crippen LogP contribution in [0.3, 0.4) is 0 Å². The summed E-state index contributed by atoms with van der Waals surface area (Å²) in [6.45, 7) is 1.55. The number of carbonyl (C=O) groups is 2. The lowest BCUT2D eigenvalue weighted by Gasteiger charge is -2.06. The highest BCUT2D eigenvalue weighted by molar-refractivity contribution is 9.11. The van der Waals surface area contributed by atoms with Crippen LogP contribution in [-0.4, -0.2) is 34.7 Å². The molecule has 0 fully saturated rings. The maximum atomic E-state index is 11.5. The van der Waals surface area contributed by atoms with Crippen LogP contribution in [-0.2, 0) is 4.79 Å². The molecule has 5 nitrogen and oxygen atoms in total. The Bertz CT molecular complexity index is 398. The first-order valence-corrected chi connectivity index (χ1v) is 5.97. The Morgan fingerprint density at radius 1 is 1.62 bits per heavy atom. The summed E-state index contributed by atoms with van der Waals surface area (Å²) >= 11 is 4.54. The van der Waals surface area contributed by atoms with Gasteiger partial charge in [0.1, 0.15) is 0 Å². The molecule has 0 saturated heterocycles. The van der Waals surface area contributed by atoms with Crippen LogP contribution in [0.4, 0.5) is 0 Å². The summed E-state index contributed by atoms with van der Waals surface area (Å²) in [7, 11) is 0. The maximum absolute atomic E-state index is 11.5. The molecule has 0 aliphatic heterocycles. The molecule has 0 spiro atoms. The Kier molecular flexibility index (Phi) is 4.45. The summed E-state index contributed by atoms with van der Waals surface area (Å²) in [6, 6.07) is 1.69. The van der Waals surface area contributed by atoms with Gasteiger partial charge in [0.2, 0.25) is 0 Å². The molecule has 0 aromatic carbocycles. The summed E-state index contributed by atoms with van der Waals surface area (Å²) in [5.74, 6) is -1.75. The molecule has 1 atom stereocenters. The van der Waals surface area contributed by atoms with Gasteiger partial charge in [-0.2, -0.15) is 0 Å². The Morgan fingerprint density at radius 2 is 2.25 bits per heavy atom. The number of aryl methyl sites for hydroxylation is 1. The third-order valence-corrected chi connectivity index (χ3v) is 3.96. The second kappa shape index (κ2) is 5.42. The van der Waals surface area contributed by atoms with Crippen LogP contribution in [0, 0.1) is 6.92 Å². The molecule has 1 amide bonds.